The van der Waals surface area contributed by atoms with Gasteiger partial charge in [0.05, 0.1) is 10.0 Å². The van der Waals surface area contributed by atoms with Gasteiger partial charge in [-0.15, -0.1) is 0 Å². The van der Waals surface area contributed by atoms with Crippen LogP contribution in [0.15, 0.2) is 29.3 Å². The quantitative estimate of drug-likeness (QED) is 0.836. The fraction of sp³-hybridized carbons (Fsp3) is 0.182. The summed E-state index contributed by atoms with van der Waals surface area (Å²) in [6, 6.07) is 4.89. The number of carbonyl (C=O) groups excluding carboxylic acids is 1. The SMILES string of the molecule is COC1C=C(Cl)C(=O)N1c1ccc(Cl)c(Cl)c1. The molecule has 6 heteroatoms. The molecule has 0 bridgehead atoms. The van der Waals surface area contributed by atoms with Crippen molar-refractivity contribution in [3.63, 3.8) is 0 Å². The minimum absolute atomic E-state index is 0.128. The summed E-state index contributed by atoms with van der Waals surface area (Å²) >= 11 is 17.5. The number of hydrogen-bond acceptors (Lipinski definition) is 2. The highest BCUT2D eigenvalue weighted by Gasteiger charge is 2.32. The number of carbonyl (C=O) groups is 1. The van der Waals surface area contributed by atoms with Crippen LogP contribution in [-0.4, -0.2) is 19.2 Å². The van der Waals surface area contributed by atoms with Crippen LogP contribution >= 0.6 is 34.8 Å². The summed E-state index contributed by atoms with van der Waals surface area (Å²) in [6.45, 7) is 0. The number of halogens is 3. The minimum atomic E-state index is -0.521. The molecule has 1 aliphatic heterocycles. The number of anilines is 1. The molecule has 1 aromatic rings. The van der Waals surface area contributed by atoms with Crippen molar-refractivity contribution in [2.45, 2.75) is 6.23 Å². The van der Waals surface area contributed by atoms with Crippen LogP contribution in [0.2, 0.25) is 10.0 Å². The van der Waals surface area contributed by atoms with E-state index in [4.69, 9.17) is 39.5 Å². The van der Waals surface area contributed by atoms with E-state index in [2.05, 4.69) is 0 Å². The van der Waals surface area contributed by atoms with Gasteiger partial charge < -0.3 is 4.74 Å². The van der Waals surface area contributed by atoms with Crippen LogP contribution < -0.4 is 4.90 Å². The zero-order valence-corrected chi connectivity index (χ0v) is 11.1. The molecule has 1 aromatic carbocycles. The van der Waals surface area contributed by atoms with Crippen molar-refractivity contribution in [3.8, 4) is 0 Å². The van der Waals surface area contributed by atoms with Gasteiger partial charge in [0.15, 0.2) is 6.23 Å². The zero-order chi connectivity index (χ0) is 12.6. The van der Waals surface area contributed by atoms with Gasteiger partial charge in [-0.3, -0.25) is 9.69 Å². The second-order valence-corrected chi connectivity index (χ2v) is 4.64. The van der Waals surface area contributed by atoms with Gasteiger partial charge in [0.25, 0.3) is 5.91 Å². The van der Waals surface area contributed by atoms with Crippen LogP contribution in [0.1, 0.15) is 0 Å². The second kappa shape index (κ2) is 4.86. The standard InChI is InChI=1S/C11H8Cl3NO2/c1-17-10-5-9(14)11(16)15(10)6-2-3-7(12)8(13)4-6/h2-5,10H,1H3. The molecule has 0 fully saturated rings. The molecule has 3 nitrogen and oxygen atoms in total. The summed E-state index contributed by atoms with van der Waals surface area (Å²) in [5.41, 5.74) is 0.586. The van der Waals surface area contributed by atoms with Crippen LogP contribution in [0, 0.1) is 0 Å². The Balaban J connectivity index is 2.39. The zero-order valence-electron chi connectivity index (χ0n) is 8.78. The summed E-state index contributed by atoms with van der Waals surface area (Å²) in [4.78, 5) is 13.2. The van der Waals surface area contributed by atoms with Crippen LogP contribution in [-0.2, 0) is 9.53 Å². The largest absolute Gasteiger partial charge is 0.357 e. The first-order valence-corrected chi connectivity index (χ1v) is 5.86. The number of amides is 1. The minimum Gasteiger partial charge on any atom is -0.357 e. The lowest BCUT2D eigenvalue weighted by Crippen LogP contribution is -2.35. The van der Waals surface area contributed by atoms with Crippen molar-refractivity contribution in [2.75, 3.05) is 12.0 Å². The summed E-state index contributed by atoms with van der Waals surface area (Å²) in [5.74, 6) is -0.322. The van der Waals surface area contributed by atoms with Crippen molar-refractivity contribution in [1.29, 1.82) is 0 Å². The number of ether oxygens (including phenoxy) is 1. The van der Waals surface area contributed by atoms with E-state index in [1.54, 1.807) is 18.2 Å². The van der Waals surface area contributed by atoms with Crippen molar-refractivity contribution >= 4 is 46.4 Å². The number of benzene rings is 1. The Bertz CT molecular complexity index is 501. The number of methoxy groups -OCH3 is 1. The molecule has 0 aliphatic carbocycles. The van der Waals surface area contributed by atoms with E-state index in [9.17, 15) is 4.79 Å². The third kappa shape index (κ3) is 2.29. The fourth-order valence-electron chi connectivity index (χ4n) is 1.57. The third-order valence-electron chi connectivity index (χ3n) is 2.39. The smallest absolute Gasteiger partial charge is 0.271 e. The summed E-state index contributed by atoms with van der Waals surface area (Å²) < 4.78 is 5.16. The van der Waals surface area contributed by atoms with E-state index in [0.717, 1.165) is 0 Å². The Kier molecular flexibility index (Phi) is 3.64. The molecule has 0 radical (unpaired) electrons. The fourth-order valence-corrected chi connectivity index (χ4v) is 2.07. The van der Waals surface area contributed by atoms with Crippen molar-refractivity contribution in [1.82, 2.24) is 0 Å². The molecule has 0 saturated heterocycles. The van der Waals surface area contributed by atoms with E-state index in [-0.39, 0.29) is 10.9 Å². The molecule has 1 atom stereocenters. The average Bonchev–Trinajstić information content (AvgIpc) is 2.59. The lowest BCUT2D eigenvalue weighted by atomic mass is 10.3. The van der Waals surface area contributed by atoms with Crippen LogP contribution in [0.4, 0.5) is 5.69 Å². The van der Waals surface area contributed by atoms with Crippen LogP contribution in [0.5, 0.6) is 0 Å². The van der Waals surface area contributed by atoms with E-state index in [0.29, 0.717) is 15.7 Å². The van der Waals surface area contributed by atoms with Gasteiger partial charge in [-0.2, -0.15) is 0 Å². The van der Waals surface area contributed by atoms with Crippen molar-refractivity contribution in [2.24, 2.45) is 0 Å². The molecular formula is C11H8Cl3NO2. The van der Waals surface area contributed by atoms with Crippen molar-refractivity contribution in [3.05, 3.63) is 39.4 Å². The molecular weight excluding hydrogens is 284 g/mol. The first kappa shape index (κ1) is 12.7. The molecule has 1 heterocycles. The molecule has 2 rings (SSSR count). The molecule has 1 aliphatic rings. The highest BCUT2D eigenvalue weighted by molar-refractivity contribution is 6.45. The highest BCUT2D eigenvalue weighted by Crippen LogP contribution is 2.32. The molecule has 1 unspecified atom stereocenters. The van der Waals surface area contributed by atoms with Gasteiger partial charge in [-0.25, -0.2) is 0 Å². The van der Waals surface area contributed by atoms with E-state index in [1.807, 2.05) is 0 Å². The first-order chi connectivity index (χ1) is 8.04. The molecule has 0 N–H and O–H groups in total. The Labute approximate surface area is 114 Å². The Hall–Kier alpha value is -0.740. The van der Waals surface area contributed by atoms with Crippen LogP contribution in [0.3, 0.4) is 0 Å². The third-order valence-corrected chi connectivity index (χ3v) is 3.42. The molecule has 0 spiro atoms. The van der Waals surface area contributed by atoms with E-state index >= 15 is 0 Å². The predicted octanol–water partition coefficient (Wildman–Crippen LogP) is 3.44. The maximum absolute atomic E-state index is 11.8. The molecule has 1 amide bonds. The van der Waals surface area contributed by atoms with Gasteiger partial charge >= 0.3 is 0 Å². The predicted molar refractivity (Wildman–Crippen MR) is 68.7 cm³/mol. The second-order valence-electron chi connectivity index (χ2n) is 3.41. The highest BCUT2D eigenvalue weighted by atomic mass is 35.5. The lowest BCUT2D eigenvalue weighted by Gasteiger charge is -2.23. The summed E-state index contributed by atoms with van der Waals surface area (Å²) in [6.07, 6.45) is 1.01. The first-order valence-electron chi connectivity index (χ1n) is 4.73. The van der Waals surface area contributed by atoms with Gasteiger partial charge in [0.1, 0.15) is 5.03 Å². The number of rotatable bonds is 2. The Morgan fingerprint density at radius 3 is 2.53 bits per heavy atom. The topological polar surface area (TPSA) is 29.5 Å². The molecule has 17 heavy (non-hydrogen) atoms. The van der Waals surface area contributed by atoms with Crippen molar-refractivity contribution < 1.29 is 9.53 Å². The van der Waals surface area contributed by atoms with E-state index < -0.39 is 6.23 Å². The van der Waals surface area contributed by atoms with Gasteiger partial charge in [-0.05, 0) is 24.3 Å². The Morgan fingerprint density at radius 2 is 1.94 bits per heavy atom. The van der Waals surface area contributed by atoms with Gasteiger partial charge in [0, 0.05) is 12.8 Å². The average molecular weight is 293 g/mol. The summed E-state index contributed by atoms with van der Waals surface area (Å²) in [7, 11) is 1.49. The maximum atomic E-state index is 11.8. The van der Waals surface area contributed by atoms with Gasteiger partial charge in [0.2, 0.25) is 0 Å². The molecule has 0 saturated carbocycles. The summed E-state index contributed by atoms with van der Waals surface area (Å²) in [5, 5.41) is 0.924. The maximum Gasteiger partial charge on any atom is 0.271 e. The lowest BCUT2D eigenvalue weighted by molar-refractivity contribution is -0.115. The normalized spacial score (nSPS) is 19.8. The number of hydrogen-bond donors (Lipinski definition) is 0. The van der Waals surface area contributed by atoms with Gasteiger partial charge in [-0.1, -0.05) is 34.8 Å². The van der Waals surface area contributed by atoms with E-state index in [1.165, 1.54) is 18.1 Å². The number of nitrogens with zero attached hydrogens (tertiary/aromatic N) is 1. The molecule has 0 aromatic heterocycles. The Morgan fingerprint density at radius 1 is 1.24 bits per heavy atom. The monoisotopic (exact) mass is 291 g/mol. The van der Waals surface area contributed by atoms with Crippen LogP contribution in [0.25, 0.3) is 0 Å². The molecule has 90 valence electrons.